The Morgan fingerprint density at radius 1 is 1.14 bits per heavy atom. The Morgan fingerprint density at radius 3 is 2.31 bits per heavy atom. The summed E-state index contributed by atoms with van der Waals surface area (Å²) >= 11 is 0. The number of nitrogens with one attached hydrogen (secondary N) is 2. The van der Waals surface area contributed by atoms with Gasteiger partial charge in [0.25, 0.3) is 5.91 Å². The van der Waals surface area contributed by atoms with Crippen molar-refractivity contribution in [3.63, 3.8) is 0 Å². The second kappa shape index (κ2) is 10.9. The molecule has 3 amide bonds. The Labute approximate surface area is 172 Å². The Hall–Kier alpha value is -2.44. The van der Waals surface area contributed by atoms with Crippen LogP contribution in [0, 0.1) is 17.7 Å². The molecule has 1 aromatic rings. The van der Waals surface area contributed by atoms with Crippen molar-refractivity contribution >= 4 is 17.7 Å². The molecule has 2 rings (SSSR count). The number of benzene rings is 1. The lowest BCUT2D eigenvalue weighted by Gasteiger charge is -2.36. The molecule has 6 nitrogen and oxygen atoms in total. The van der Waals surface area contributed by atoms with Crippen LogP contribution in [0.1, 0.15) is 56.8 Å². The number of carbonyl (C=O) groups is 3. The van der Waals surface area contributed by atoms with Gasteiger partial charge in [-0.1, -0.05) is 20.8 Å². The predicted molar refractivity (Wildman–Crippen MR) is 110 cm³/mol. The number of carbonyl (C=O) groups excluding carboxylic acids is 3. The lowest BCUT2D eigenvalue weighted by Crippen LogP contribution is -2.54. The molecular weight excluding hydrogens is 373 g/mol. The highest BCUT2D eigenvalue weighted by Crippen LogP contribution is 2.23. The van der Waals surface area contributed by atoms with E-state index in [9.17, 15) is 18.8 Å². The Kier molecular flexibility index (Phi) is 8.61. The molecule has 0 radical (unpaired) electrons. The van der Waals surface area contributed by atoms with Gasteiger partial charge in [0.2, 0.25) is 11.8 Å². The summed E-state index contributed by atoms with van der Waals surface area (Å²) in [5.41, 5.74) is 0.451. The fraction of sp³-hybridized carbons (Fsp3) is 0.591. The van der Waals surface area contributed by atoms with Gasteiger partial charge in [0, 0.05) is 31.6 Å². The Balaban J connectivity index is 2.00. The van der Waals surface area contributed by atoms with Crippen LogP contribution in [0.25, 0.3) is 0 Å². The third kappa shape index (κ3) is 6.84. The molecule has 2 N–H and O–H groups in total. The van der Waals surface area contributed by atoms with E-state index in [0.29, 0.717) is 44.5 Å². The van der Waals surface area contributed by atoms with Crippen molar-refractivity contribution in [2.24, 2.45) is 11.8 Å². The molecule has 1 aliphatic rings. The van der Waals surface area contributed by atoms with E-state index in [2.05, 4.69) is 10.6 Å². The van der Waals surface area contributed by atoms with Crippen LogP contribution in [-0.4, -0.2) is 48.3 Å². The quantitative estimate of drug-likeness (QED) is 0.698. The molecule has 160 valence electrons. The summed E-state index contributed by atoms with van der Waals surface area (Å²) in [5, 5.41) is 5.80. The van der Waals surface area contributed by atoms with Crippen LogP contribution < -0.4 is 10.6 Å². The molecule has 29 heavy (non-hydrogen) atoms. The van der Waals surface area contributed by atoms with Crippen molar-refractivity contribution in [1.82, 2.24) is 15.5 Å². The normalized spacial score (nSPS) is 15.8. The highest BCUT2D eigenvalue weighted by Gasteiger charge is 2.33. The van der Waals surface area contributed by atoms with Gasteiger partial charge in [0.15, 0.2) is 0 Å². The van der Waals surface area contributed by atoms with Gasteiger partial charge >= 0.3 is 0 Å². The lowest BCUT2D eigenvalue weighted by atomic mass is 9.88. The van der Waals surface area contributed by atoms with Gasteiger partial charge in [-0.3, -0.25) is 14.4 Å². The first-order valence-electron chi connectivity index (χ1n) is 10.4. The topological polar surface area (TPSA) is 78.5 Å². The number of hydrogen-bond donors (Lipinski definition) is 2. The molecule has 0 aromatic heterocycles. The molecular formula is C22H32FN3O3. The maximum atomic E-state index is 13.1. The number of nitrogens with zero attached hydrogens (tertiary/aromatic N) is 1. The van der Waals surface area contributed by atoms with Gasteiger partial charge in [-0.15, -0.1) is 0 Å². The molecule has 0 spiro atoms. The smallest absolute Gasteiger partial charge is 0.253 e. The van der Waals surface area contributed by atoms with E-state index >= 15 is 0 Å². The average molecular weight is 406 g/mol. The van der Waals surface area contributed by atoms with E-state index in [1.807, 2.05) is 20.8 Å². The predicted octanol–water partition coefficient (Wildman–Crippen LogP) is 2.74. The summed E-state index contributed by atoms with van der Waals surface area (Å²) in [7, 11) is 0. The molecule has 1 unspecified atom stereocenters. The Morgan fingerprint density at radius 2 is 1.76 bits per heavy atom. The van der Waals surface area contributed by atoms with Crippen LogP contribution in [0.2, 0.25) is 0 Å². The SMILES string of the molecule is CCCNC(=O)C(NC(=O)CC(C)C)C1CCN(C(=O)c2ccc(F)cc2)CC1. The average Bonchev–Trinajstić information content (AvgIpc) is 2.70. The van der Waals surface area contributed by atoms with Crippen molar-refractivity contribution in [2.45, 2.75) is 52.5 Å². The number of likely N-dealkylation sites (tertiary alicyclic amines) is 1. The lowest BCUT2D eigenvalue weighted by molar-refractivity contribution is -0.131. The van der Waals surface area contributed by atoms with Crippen LogP contribution in [0.5, 0.6) is 0 Å². The highest BCUT2D eigenvalue weighted by molar-refractivity contribution is 5.94. The van der Waals surface area contributed by atoms with Crippen LogP contribution >= 0.6 is 0 Å². The van der Waals surface area contributed by atoms with Gasteiger partial charge in [0.1, 0.15) is 11.9 Å². The van der Waals surface area contributed by atoms with Gasteiger partial charge in [0.05, 0.1) is 0 Å². The minimum Gasteiger partial charge on any atom is -0.354 e. The number of hydrogen-bond acceptors (Lipinski definition) is 3. The molecule has 0 bridgehead atoms. The maximum Gasteiger partial charge on any atom is 0.253 e. The van der Waals surface area contributed by atoms with Crippen LogP contribution in [0.3, 0.4) is 0 Å². The molecule has 1 aliphatic heterocycles. The van der Waals surface area contributed by atoms with Gasteiger partial charge < -0.3 is 15.5 Å². The fourth-order valence-corrected chi connectivity index (χ4v) is 3.57. The van der Waals surface area contributed by atoms with Crippen LogP contribution in [0.15, 0.2) is 24.3 Å². The number of halogens is 1. The van der Waals surface area contributed by atoms with Crippen LogP contribution in [-0.2, 0) is 9.59 Å². The first-order chi connectivity index (χ1) is 13.8. The third-order valence-corrected chi connectivity index (χ3v) is 5.13. The van der Waals surface area contributed by atoms with Crippen molar-refractivity contribution in [3.05, 3.63) is 35.6 Å². The molecule has 0 saturated carbocycles. The van der Waals surface area contributed by atoms with E-state index in [0.717, 1.165) is 6.42 Å². The zero-order valence-electron chi connectivity index (χ0n) is 17.5. The zero-order chi connectivity index (χ0) is 21.4. The molecule has 1 aromatic carbocycles. The first-order valence-corrected chi connectivity index (χ1v) is 10.4. The number of rotatable bonds is 8. The van der Waals surface area contributed by atoms with Crippen molar-refractivity contribution in [3.8, 4) is 0 Å². The molecule has 0 aliphatic carbocycles. The van der Waals surface area contributed by atoms with Gasteiger partial charge in [-0.05, 0) is 55.4 Å². The van der Waals surface area contributed by atoms with E-state index in [-0.39, 0.29) is 35.4 Å². The zero-order valence-corrected chi connectivity index (χ0v) is 17.5. The highest BCUT2D eigenvalue weighted by atomic mass is 19.1. The third-order valence-electron chi connectivity index (χ3n) is 5.13. The molecule has 1 heterocycles. The Bertz CT molecular complexity index is 698. The van der Waals surface area contributed by atoms with Crippen LogP contribution in [0.4, 0.5) is 4.39 Å². The number of amides is 3. The monoisotopic (exact) mass is 405 g/mol. The molecule has 7 heteroatoms. The maximum absolute atomic E-state index is 13.1. The van der Waals surface area contributed by atoms with Gasteiger partial charge in [-0.25, -0.2) is 4.39 Å². The molecule has 1 saturated heterocycles. The standard InChI is InChI=1S/C22H32FN3O3/c1-4-11-24-21(28)20(25-19(27)14-15(2)3)16-9-12-26(13-10-16)22(29)17-5-7-18(23)8-6-17/h5-8,15-16,20H,4,9-14H2,1-3H3,(H,24,28)(H,25,27). The van der Waals surface area contributed by atoms with E-state index in [4.69, 9.17) is 0 Å². The summed E-state index contributed by atoms with van der Waals surface area (Å²) < 4.78 is 13.1. The molecule has 1 atom stereocenters. The minimum absolute atomic E-state index is 0.0276. The van der Waals surface area contributed by atoms with E-state index < -0.39 is 6.04 Å². The summed E-state index contributed by atoms with van der Waals surface area (Å²) in [6.07, 6.45) is 2.45. The first kappa shape index (κ1) is 22.8. The summed E-state index contributed by atoms with van der Waals surface area (Å²) in [5.74, 6) is -0.615. The van der Waals surface area contributed by atoms with E-state index in [1.165, 1.54) is 24.3 Å². The minimum atomic E-state index is -0.587. The van der Waals surface area contributed by atoms with Gasteiger partial charge in [-0.2, -0.15) is 0 Å². The fourth-order valence-electron chi connectivity index (χ4n) is 3.57. The second-order valence-electron chi connectivity index (χ2n) is 8.07. The van der Waals surface area contributed by atoms with Crippen molar-refractivity contribution in [1.29, 1.82) is 0 Å². The van der Waals surface area contributed by atoms with E-state index in [1.54, 1.807) is 4.90 Å². The summed E-state index contributed by atoms with van der Waals surface area (Å²) in [6, 6.07) is 4.93. The second-order valence-corrected chi connectivity index (χ2v) is 8.07. The largest absolute Gasteiger partial charge is 0.354 e. The number of piperidine rings is 1. The summed E-state index contributed by atoms with van der Waals surface area (Å²) in [6.45, 7) is 7.47. The summed E-state index contributed by atoms with van der Waals surface area (Å²) in [4.78, 5) is 39.3. The molecule has 1 fully saturated rings. The van der Waals surface area contributed by atoms with Crippen molar-refractivity contribution < 1.29 is 18.8 Å². The van der Waals surface area contributed by atoms with Crippen molar-refractivity contribution in [2.75, 3.05) is 19.6 Å².